The minimum Gasteiger partial charge on any atom is -0.481 e. The molecule has 6 aliphatic heterocycles. The van der Waals surface area contributed by atoms with Gasteiger partial charge in [-0.2, -0.15) is 0 Å². The fraction of sp³-hybridized carbons (Fsp3) is 0.344. The van der Waals surface area contributed by atoms with E-state index in [0.29, 0.717) is 147 Å². The first kappa shape index (κ1) is 65.4. The average Bonchev–Trinajstić information content (AvgIpc) is 1.07. The summed E-state index contributed by atoms with van der Waals surface area (Å²) in [6, 6.07) is 22.1. The number of nitrogens with one attached hydrogen (secondary N) is 2. The van der Waals surface area contributed by atoms with Crippen molar-refractivity contribution < 1.29 is 52.8 Å². The number of carbonyl (C=O) groups excluding carboxylic acids is 4. The molecule has 4 saturated heterocycles. The maximum Gasteiger partial charge on any atom is 0.338 e. The number of carboxylic acids is 2. The molecule has 0 bridgehead atoms. The molecule has 4 atom stereocenters. The Morgan fingerprint density at radius 3 is 1.67 bits per heavy atom. The van der Waals surface area contributed by atoms with Crippen LogP contribution in [0.4, 0.5) is 25.4 Å². The number of halogens is 4. The third-order valence-electron chi connectivity index (χ3n) is 16.7. The first-order chi connectivity index (χ1) is 44.2. The van der Waals surface area contributed by atoms with Crippen LogP contribution in [-0.4, -0.2) is 179 Å². The molecule has 0 spiro atoms. The van der Waals surface area contributed by atoms with Crippen molar-refractivity contribution in [2.75, 3.05) is 89.0 Å². The van der Waals surface area contributed by atoms with Crippen LogP contribution in [0.3, 0.4) is 0 Å². The number of esters is 2. The summed E-state index contributed by atoms with van der Waals surface area (Å²) in [5, 5.41) is 31.1. The van der Waals surface area contributed by atoms with Gasteiger partial charge in [0.2, 0.25) is 0 Å². The number of nitrogens with zero attached hydrogens (tertiary/aromatic N) is 10. The van der Waals surface area contributed by atoms with Gasteiger partial charge in [-0.25, -0.2) is 33.5 Å². The highest BCUT2D eigenvalue weighted by molar-refractivity contribution is 9.10. The Bertz CT molecular complexity index is 3950. The number of fused-ring (bicyclic) bond motifs is 2. The largest absolute Gasteiger partial charge is 0.481 e. The lowest BCUT2D eigenvalue weighted by molar-refractivity contribution is -0.147. The molecule has 0 saturated carbocycles. The van der Waals surface area contributed by atoms with Crippen molar-refractivity contribution in [2.24, 2.45) is 15.4 Å². The Labute approximate surface area is 555 Å². The number of aliphatic imine (C=N–C) groups is 2. The van der Waals surface area contributed by atoms with E-state index in [4.69, 9.17) is 47.8 Å². The van der Waals surface area contributed by atoms with Crippen LogP contribution in [0.5, 0.6) is 0 Å². The number of anilines is 2. The van der Waals surface area contributed by atoms with Gasteiger partial charge >= 0.3 is 35.9 Å². The molecular weight excluding hydrogens is 1330 g/mol. The van der Waals surface area contributed by atoms with Crippen molar-refractivity contribution in [3.8, 4) is 0 Å². The summed E-state index contributed by atoms with van der Waals surface area (Å²) >= 11 is 19.1. The zero-order chi connectivity index (χ0) is 65.1. The molecule has 4 amide bonds. The quantitative estimate of drug-likeness (QED) is 0.0584. The van der Waals surface area contributed by atoms with Crippen LogP contribution < -0.4 is 20.4 Å². The molecule has 92 heavy (non-hydrogen) atoms. The Kier molecular flexibility index (Phi) is 19.9. The molecule has 22 nitrogen and oxygen atoms in total. The first-order valence-corrected chi connectivity index (χ1v) is 32.8. The summed E-state index contributed by atoms with van der Waals surface area (Å²) in [7, 11) is 1.33. The van der Waals surface area contributed by atoms with Crippen molar-refractivity contribution in [3.63, 3.8) is 0 Å². The van der Waals surface area contributed by atoms with Crippen LogP contribution in [0.1, 0.15) is 65.1 Å². The highest BCUT2D eigenvalue weighted by atomic mass is 79.9. The third-order valence-corrected chi connectivity index (χ3v) is 19.5. The zero-order valence-corrected chi connectivity index (χ0v) is 55.1. The van der Waals surface area contributed by atoms with Crippen LogP contribution in [0.25, 0.3) is 0 Å². The lowest BCUT2D eigenvalue weighted by atomic mass is 9.86. The van der Waals surface area contributed by atoms with E-state index < -0.39 is 47.2 Å². The van der Waals surface area contributed by atoms with E-state index in [2.05, 4.69) is 46.3 Å². The summed E-state index contributed by atoms with van der Waals surface area (Å²) in [5.74, 6) is -2.20. The van der Waals surface area contributed by atoms with E-state index in [1.807, 2.05) is 44.8 Å². The van der Waals surface area contributed by atoms with Crippen molar-refractivity contribution >= 4 is 121 Å². The number of ether oxygens (including phenoxy) is 2. The molecule has 4 fully saturated rings. The van der Waals surface area contributed by atoms with Gasteiger partial charge < -0.3 is 40.1 Å². The van der Waals surface area contributed by atoms with Crippen LogP contribution in [0.15, 0.2) is 145 Å². The Morgan fingerprint density at radius 2 is 1.21 bits per heavy atom. The second-order valence-electron chi connectivity index (χ2n) is 23.2. The number of methoxy groups -OCH3 is 1. The van der Waals surface area contributed by atoms with Gasteiger partial charge in [0.1, 0.15) is 17.9 Å². The van der Waals surface area contributed by atoms with E-state index in [1.54, 1.807) is 91.5 Å². The molecule has 8 heterocycles. The number of amidine groups is 2. The molecule has 0 aliphatic carbocycles. The lowest BCUT2D eigenvalue weighted by Gasteiger charge is -2.38. The third kappa shape index (κ3) is 14.3. The van der Waals surface area contributed by atoms with E-state index in [0.717, 1.165) is 16.9 Å². The van der Waals surface area contributed by atoms with E-state index in [9.17, 15) is 38.3 Å². The number of hydrogen-bond acceptors (Lipinski definition) is 18. The van der Waals surface area contributed by atoms with Crippen molar-refractivity contribution in [1.82, 2.24) is 40.2 Å². The summed E-state index contributed by atoms with van der Waals surface area (Å²) in [5.41, 5.74) is 5.29. The highest BCUT2D eigenvalue weighted by Gasteiger charge is 2.45. The number of aromatic nitrogens is 2. The topological polar surface area (TPSA) is 255 Å². The Hall–Kier alpha value is -8.11. The number of urea groups is 2. The molecule has 0 unspecified atom stereocenters. The minimum atomic E-state index is -0.905. The maximum absolute atomic E-state index is 14.1. The number of benzene rings is 4. The van der Waals surface area contributed by atoms with Gasteiger partial charge in [-0.15, -0.1) is 22.7 Å². The molecule has 6 aromatic rings. The van der Waals surface area contributed by atoms with Gasteiger partial charge in [0.25, 0.3) is 0 Å². The molecule has 28 heteroatoms. The fourth-order valence-electron chi connectivity index (χ4n) is 12.1. The molecule has 6 aliphatic rings. The lowest BCUT2D eigenvalue weighted by Crippen LogP contribution is -2.53. The maximum atomic E-state index is 14.1. The molecule has 12 rings (SSSR count). The van der Waals surface area contributed by atoms with E-state index in [-0.39, 0.29) is 37.2 Å². The van der Waals surface area contributed by atoms with Gasteiger partial charge in [-0.1, -0.05) is 75.5 Å². The van der Waals surface area contributed by atoms with Crippen LogP contribution in [0.2, 0.25) is 10.0 Å². The monoisotopic (exact) mass is 1390 g/mol. The number of piperazine rings is 2. The van der Waals surface area contributed by atoms with Gasteiger partial charge in [0.05, 0.1) is 48.8 Å². The number of carbonyl (C=O) groups is 6. The van der Waals surface area contributed by atoms with E-state index in [1.165, 1.54) is 41.9 Å². The number of aliphatic carboxylic acids is 2. The Morgan fingerprint density at radius 1 is 0.696 bits per heavy atom. The predicted octanol–water partition coefficient (Wildman–Crippen LogP) is 9.45. The Balaban J connectivity index is 0.000000189. The van der Waals surface area contributed by atoms with Crippen LogP contribution >= 0.6 is 61.8 Å². The summed E-state index contributed by atoms with van der Waals surface area (Å²) in [4.78, 5) is 107. The average molecular weight is 1400 g/mol. The van der Waals surface area contributed by atoms with Gasteiger partial charge in [0, 0.05) is 131 Å². The van der Waals surface area contributed by atoms with Crippen LogP contribution in [0, 0.1) is 11.2 Å². The van der Waals surface area contributed by atoms with Crippen molar-refractivity contribution in [2.45, 2.75) is 57.8 Å². The van der Waals surface area contributed by atoms with E-state index >= 15 is 0 Å². The van der Waals surface area contributed by atoms with Crippen LogP contribution in [-0.2, 0) is 41.5 Å². The van der Waals surface area contributed by atoms with Gasteiger partial charge in [-0.05, 0) is 92.4 Å². The molecule has 480 valence electrons. The molecule has 4 aromatic carbocycles. The molecule has 0 radical (unpaired) electrons. The zero-order valence-electron chi connectivity index (χ0n) is 50.4. The first-order valence-electron chi connectivity index (χ1n) is 29.5. The standard InChI is InChI=1S/C34H36BrFN6O5S.C30H28Cl2N6O5S/c1-4-47-31(43)27-26(38-29(30-37-11-14-48-30)39-28(27)24-10-7-21(36)15-25(24)35)19-40-12-13-41-23(17-40)18-42(33(41)46)22-8-5-20(6-9-22)16-34(2,3)32(44)45;1-43-29(41)25-23(34-27(28-33-8-11-44-28)35-26(25)21-7-4-18(31)13-22(21)32)16-36-9-10-37-20(14-36)15-38(30(37)42)19-5-2-17(3-6-19)12-24(39)40/h5-11,14-15,23,28H,4,12-13,16-19H2,1-3H3,(H,38,39)(H,44,45);2-8,11,13,20,26H,9-10,12,14-16H2,1H3,(H,34,35)(H,39,40)/t23-,28-;20-,26-/m00/s1. The minimum absolute atomic E-state index is 0.0695. The number of carboxylic acid groups (broad SMARTS) is 2. The summed E-state index contributed by atoms with van der Waals surface area (Å²) in [6.07, 6.45) is 3.68. The second-order valence-corrected chi connectivity index (χ2v) is 26.7. The molecular formula is C64H64BrCl2FN12O10S2. The number of amides is 4. The molecule has 2 aromatic heterocycles. The number of rotatable bonds is 18. The highest BCUT2D eigenvalue weighted by Crippen LogP contribution is 2.40. The van der Waals surface area contributed by atoms with Crippen molar-refractivity contribution in [1.29, 1.82) is 0 Å². The predicted molar refractivity (Wildman–Crippen MR) is 351 cm³/mol. The number of hydrogen-bond donors (Lipinski definition) is 4. The second kappa shape index (κ2) is 28.0. The number of thiazole rings is 2. The molecule has 4 N–H and O–H groups in total. The summed E-state index contributed by atoms with van der Waals surface area (Å²) in [6.45, 7) is 10.4. The van der Waals surface area contributed by atoms with Crippen molar-refractivity contribution in [3.05, 3.63) is 183 Å². The summed E-state index contributed by atoms with van der Waals surface area (Å²) < 4.78 is 25.3. The fourth-order valence-corrected chi connectivity index (χ4v) is 14.3. The SMILES string of the molecule is CCOC(=O)C1=C(CN2CCN3C(=O)N(c4ccc(CC(C)(C)C(=O)O)cc4)C[C@@H]3C2)NC(c2nccs2)=N[C@H]1c1ccc(F)cc1Br.COC(=O)C1=C(CN2CCN3C(=O)N(c4ccc(CC(=O)O)cc4)C[C@@H]3C2)NC(c2nccs2)=N[C@H]1c1ccc(Cl)cc1Cl. The van der Waals surface area contributed by atoms with Gasteiger partial charge in [0.15, 0.2) is 21.7 Å². The van der Waals surface area contributed by atoms with Gasteiger partial charge in [-0.3, -0.25) is 39.2 Å². The normalized spacial score (nSPS) is 20.2. The smallest absolute Gasteiger partial charge is 0.338 e.